The summed E-state index contributed by atoms with van der Waals surface area (Å²) in [6, 6.07) is 16.4. The minimum atomic E-state index is -0.687. The second-order valence-electron chi connectivity index (χ2n) is 10.2. The monoisotopic (exact) mass is 536 g/mol. The van der Waals surface area contributed by atoms with Gasteiger partial charge in [0, 0.05) is 29.4 Å². The summed E-state index contributed by atoms with van der Waals surface area (Å²) in [5, 5.41) is 10.5. The van der Waals surface area contributed by atoms with Crippen molar-refractivity contribution >= 4 is 28.6 Å². The highest BCUT2D eigenvalue weighted by Crippen LogP contribution is 2.33. The van der Waals surface area contributed by atoms with E-state index in [1.54, 1.807) is 14.2 Å². The molecule has 6 nitrogen and oxygen atoms in total. The molecule has 0 aliphatic carbocycles. The second-order valence-corrected chi connectivity index (χ2v) is 11.3. The lowest BCUT2D eigenvalue weighted by Gasteiger charge is -2.39. The first kappa shape index (κ1) is 28.2. The number of hydrogen-bond donors (Lipinski definition) is 1. The SMILES string of the molecule is COc1cccc(SCCCN2CC[C@@H](CCCc3ccnc4ccc(OC)cc34)[C@@H](CCC(=O)O)C2)c1. The van der Waals surface area contributed by atoms with Crippen molar-refractivity contribution in [1.29, 1.82) is 0 Å². The lowest BCUT2D eigenvalue weighted by molar-refractivity contribution is -0.137. The van der Waals surface area contributed by atoms with Gasteiger partial charge in [0.25, 0.3) is 0 Å². The molecule has 2 atom stereocenters. The average Bonchev–Trinajstić information content (AvgIpc) is 2.95. The molecule has 7 heteroatoms. The van der Waals surface area contributed by atoms with Crippen LogP contribution < -0.4 is 9.47 Å². The third-order valence-corrected chi connectivity index (χ3v) is 8.77. The Bertz CT molecular complexity index is 1190. The summed E-state index contributed by atoms with van der Waals surface area (Å²) in [4.78, 5) is 19.7. The normalized spacial score (nSPS) is 17.9. The Morgan fingerprint density at radius 2 is 1.89 bits per heavy atom. The number of rotatable bonds is 14. The summed E-state index contributed by atoms with van der Waals surface area (Å²) in [6.45, 7) is 3.18. The zero-order chi connectivity index (χ0) is 26.7. The Morgan fingerprint density at radius 3 is 2.71 bits per heavy atom. The third-order valence-electron chi connectivity index (χ3n) is 7.69. The minimum absolute atomic E-state index is 0.259. The highest BCUT2D eigenvalue weighted by molar-refractivity contribution is 7.99. The van der Waals surface area contributed by atoms with Gasteiger partial charge in [-0.25, -0.2) is 0 Å². The molecule has 0 unspecified atom stereocenters. The van der Waals surface area contributed by atoms with Crippen LogP contribution in [0.25, 0.3) is 10.9 Å². The molecule has 0 radical (unpaired) electrons. The van der Waals surface area contributed by atoms with Gasteiger partial charge < -0.3 is 19.5 Å². The summed E-state index contributed by atoms with van der Waals surface area (Å²) >= 11 is 1.87. The van der Waals surface area contributed by atoms with Gasteiger partial charge >= 0.3 is 5.97 Å². The number of aryl methyl sites for hydroxylation is 1. The van der Waals surface area contributed by atoms with Gasteiger partial charge in [0.2, 0.25) is 0 Å². The van der Waals surface area contributed by atoms with Crippen LogP contribution in [0.3, 0.4) is 0 Å². The van der Waals surface area contributed by atoms with E-state index in [0.29, 0.717) is 11.8 Å². The van der Waals surface area contributed by atoms with Gasteiger partial charge in [-0.15, -0.1) is 11.8 Å². The predicted octanol–water partition coefficient (Wildman–Crippen LogP) is 6.56. The molecule has 0 spiro atoms. The van der Waals surface area contributed by atoms with Crippen LogP contribution >= 0.6 is 11.8 Å². The number of thioether (sulfide) groups is 1. The van der Waals surface area contributed by atoms with Gasteiger partial charge in [0.1, 0.15) is 11.5 Å². The fraction of sp³-hybridized carbons (Fsp3) is 0.484. The van der Waals surface area contributed by atoms with Gasteiger partial charge in [0.15, 0.2) is 0 Å². The Kier molecular flexibility index (Phi) is 10.7. The zero-order valence-electron chi connectivity index (χ0n) is 22.6. The number of aliphatic carboxylic acids is 1. The van der Waals surface area contributed by atoms with E-state index < -0.39 is 5.97 Å². The van der Waals surface area contributed by atoms with Crippen molar-refractivity contribution in [2.45, 2.75) is 49.8 Å². The van der Waals surface area contributed by atoms with Crippen LogP contribution in [0.2, 0.25) is 0 Å². The first-order chi connectivity index (χ1) is 18.6. The molecule has 204 valence electrons. The molecular weight excluding hydrogens is 496 g/mol. The van der Waals surface area contributed by atoms with Crippen molar-refractivity contribution in [3.8, 4) is 11.5 Å². The van der Waals surface area contributed by atoms with Gasteiger partial charge in [-0.05, 0) is 117 Å². The van der Waals surface area contributed by atoms with E-state index in [9.17, 15) is 9.90 Å². The molecule has 1 fully saturated rings. The molecule has 0 saturated carbocycles. The van der Waals surface area contributed by atoms with Crippen molar-refractivity contribution < 1.29 is 19.4 Å². The number of aromatic nitrogens is 1. The van der Waals surface area contributed by atoms with E-state index in [-0.39, 0.29) is 6.42 Å². The number of carboxylic acid groups (broad SMARTS) is 1. The first-order valence-corrected chi connectivity index (χ1v) is 14.7. The molecule has 2 aromatic carbocycles. The number of hydrogen-bond acceptors (Lipinski definition) is 6. The number of carboxylic acids is 1. The number of carbonyl (C=O) groups is 1. The van der Waals surface area contributed by atoms with Crippen LogP contribution in [0.15, 0.2) is 59.6 Å². The second kappa shape index (κ2) is 14.4. The maximum atomic E-state index is 11.4. The highest BCUT2D eigenvalue weighted by Gasteiger charge is 2.29. The van der Waals surface area contributed by atoms with Crippen LogP contribution in [0, 0.1) is 11.8 Å². The summed E-state index contributed by atoms with van der Waals surface area (Å²) < 4.78 is 10.8. The van der Waals surface area contributed by atoms with Crippen LogP contribution in [0.4, 0.5) is 0 Å². The Hall–Kier alpha value is -2.77. The molecule has 1 aliphatic rings. The number of piperidine rings is 1. The molecule has 2 heterocycles. The van der Waals surface area contributed by atoms with E-state index in [4.69, 9.17) is 9.47 Å². The maximum Gasteiger partial charge on any atom is 0.303 e. The number of benzene rings is 2. The number of nitrogens with zero attached hydrogens (tertiary/aromatic N) is 2. The lowest BCUT2D eigenvalue weighted by Crippen LogP contribution is -2.41. The van der Waals surface area contributed by atoms with Crippen LogP contribution in [-0.2, 0) is 11.2 Å². The first-order valence-electron chi connectivity index (χ1n) is 13.7. The van der Waals surface area contributed by atoms with Gasteiger partial charge in [-0.1, -0.05) is 6.07 Å². The van der Waals surface area contributed by atoms with Crippen molar-refractivity contribution in [2.75, 3.05) is 39.6 Å². The lowest BCUT2D eigenvalue weighted by atomic mass is 9.79. The number of fused-ring (bicyclic) bond motifs is 1. The largest absolute Gasteiger partial charge is 0.497 e. The highest BCUT2D eigenvalue weighted by atomic mass is 32.2. The molecule has 1 N–H and O–H groups in total. The molecule has 4 rings (SSSR count). The molecule has 1 saturated heterocycles. The maximum absolute atomic E-state index is 11.4. The molecule has 3 aromatic rings. The van der Waals surface area contributed by atoms with Crippen molar-refractivity contribution in [2.24, 2.45) is 11.8 Å². The molecule has 38 heavy (non-hydrogen) atoms. The molecule has 1 aromatic heterocycles. The van der Waals surface area contributed by atoms with Crippen molar-refractivity contribution in [3.63, 3.8) is 0 Å². The van der Waals surface area contributed by atoms with E-state index in [1.807, 2.05) is 42.2 Å². The average molecular weight is 537 g/mol. The molecule has 0 amide bonds. The van der Waals surface area contributed by atoms with Gasteiger partial charge in [0.05, 0.1) is 19.7 Å². The van der Waals surface area contributed by atoms with Gasteiger partial charge in [-0.3, -0.25) is 9.78 Å². The summed E-state index contributed by atoms with van der Waals surface area (Å²) in [5.74, 6) is 3.16. The standard InChI is InChI=1S/C31H40N2O4S/c1-36-26-8-4-9-28(20-26)38-19-5-17-33-18-15-23(25(22-33)10-13-31(34)35)6-3-7-24-14-16-32-30-12-11-27(37-2)21-29(24)30/h4,8-9,11-12,14,16,20-21,23,25H,3,5-7,10,13,15,17-19,22H2,1-2H3,(H,34,35)/t23-,25+/m1/s1. The topological polar surface area (TPSA) is 71.9 Å². The molecular formula is C31H40N2O4S. The van der Waals surface area contributed by atoms with Crippen molar-refractivity contribution in [1.82, 2.24) is 9.88 Å². The Morgan fingerprint density at radius 1 is 1.05 bits per heavy atom. The fourth-order valence-corrected chi connectivity index (χ4v) is 6.51. The Labute approximate surface area is 230 Å². The van der Waals surface area contributed by atoms with Crippen molar-refractivity contribution in [3.05, 3.63) is 60.3 Å². The van der Waals surface area contributed by atoms with E-state index in [2.05, 4.69) is 34.1 Å². The summed E-state index contributed by atoms with van der Waals surface area (Å²) in [6.07, 6.45) is 8.43. The number of ether oxygens (including phenoxy) is 2. The number of pyridine rings is 1. The predicted molar refractivity (Wildman–Crippen MR) is 154 cm³/mol. The van der Waals surface area contributed by atoms with Gasteiger partial charge in [-0.2, -0.15) is 0 Å². The van der Waals surface area contributed by atoms with Crippen LogP contribution in [0.1, 0.15) is 44.1 Å². The van der Waals surface area contributed by atoms with E-state index >= 15 is 0 Å². The third kappa shape index (κ3) is 8.11. The zero-order valence-corrected chi connectivity index (χ0v) is 23.4. The van der Waals surface area contributed by atoms with Crippen LogP contribution in [-0.4, -0.2) is 60.6 Å². The Balaban J connectivity index is 1.27. The number of likely N-dealkylation sites (tertiary alicyclic amines) is 1. The van der Waals surface area contributed by atoms with E-state index in [1.165, 1.54) is 10.5 Å². The molecule has 0 bridgehead atoms. The fourth-order valence-electron chi connectivity index (χ4n) is 5.63. The van der Waals surface area contributed by atoms with E-state index in [0.717, 1.165) is 86.3 Å². The van der Waals surface area contributed by atoms with Crippen LogP contribution in [0.5, 0.6) is 11.5 Å². The smallest absolute Gasteiger partial charge is 0.303 e. The quantitative estimate of drug-likeness (QED) is 0.185. The summed E-state index contributed by atoms with van der Waals surface area (Å²) in [7, 11) is 3.40. The summed E-state index contributed by atoms with van der Waals surface area (Å²) in [5.41, 5.74) is 2.31. The minimum Gasteiger partial charge on any atom is -0.497 e. The number of methoxy groups -OCH3 is 2. The molecule has 1 aliphatic heterocycles.